The van der Waals surface area contributed by atoms with Gasteiger partial charge in [-0.15, -0.1) is 0 Å². The third-order valence-electron chi connectivity index (χ3n) is 4.52. The molecule has 3 heteroatoms. The molecule has 4 rings (SSSR count). The lowest BCUT2D eigenvalue weighted by atomic mass is 9.89. The van der Waals surface area contributed by atoms with Crippen molar-refractivity contribution < 1.29 is 9.53 Å². The van der Waals surface area contributed by atoms with E-state index in [0.29, 0.717) is 28.2 Å². The van der Waals surface area contributed by atoms with E-state index in [2.05, 4.69) is 11.5 Å². The third-order valence-corrected chi connectivity index (χ3v) is 4.78. The number of carbonyl (C=O) groups is 1. The van der Waals surface area contributed by atoms with Crippen molar-refractivity contribution in [2.24, 2.45) is 11.8 Å². The number of hydrogen-bond acceptors (Lipinski definition) is 2. The van der Waals surface area contributed by atoms with E-state index in [1.54, 1.807) is 24.3 Å². The topological polar surface area (TPSA) is 26.3 Å². The highest BCUT2D eigenvalue weighted by Crippen LogP contribution is 2.51. The highest BCUT2D eigenvalue weighted by Gasteiger charge is 2.41. The molecule has 0 amide bonds. The molecule has 3 aliphatic carbocycles. The quantitative estimate of drug-likeness (QED) is 0.596. The molecular weight excluding hydrogens is 284 g/mol. The van der Waals surface area contributed by atoms with Crippen LogP contribution < -0.4 is 0 Å². The van der Waals surface area contributed by atoms with Gasteiger partial charge in [-0.2, -0.15) is 0 Å². The molecule has 1 saturated carbocycles. The van der Waals surface area contributed by atoms with Crippen molar-refractivity contribution in [3.63, 3.8) is 0 Å². The second kappa shape index (κ2) is 4.79. The van der Waals surface area contributed by atoms with Gasteiger partial charge in [-0.1, -0.05) is 17.3 Å². The van der Waals surface area contributed by atoms with E-state index in [0.717, 1.165) is 0 Å². The van der Waals surface area contributed by atoms with E-state index in [4.69, 9.17) is 16.3 Å². The molecule has 0 aliphatic heterocycles. The normalized spacial score (nSPS) is 25.1. The molecule has 0 spiro atoms. The Morgan fingerprint density at radius 3 is 2.76 bits per heavy atom. The summed E-state index contributed by atoms with van der Waals surface area (Å²) in [7, 11) is 0. The Balaban J connectivity index is 1.61. The Labute approximate surface area is 128 Å². The number of benzene rings is 1. The van der Waals surface area contributed by atoms with Crippen molar-refractivity contribution in [1.29, 1.82) is 0 Å². The van der Waals surface area contributed by atoms with Gasteiger partial charge in [0.1, 0.15) is 0 Å². The number of allylic oxidation sites excluding steroid dienone is 3. The van der Waals surface area contributed by atoms with Gasteiger partial charge in [0.05, 0.1) is 5.56 Å². The van der Waals surface area contributed by atoms with Gasteiger partial charge in [0, 0.05) is 10.6 Å². The number of carbonyl (C=O) groups excluding carboxylic acids is 1. The van der Waals surface area contributed by atoms with Crippen LogP contribution in [0.25, 0.3) is 0 Å². The smallest absolute Gasteiger partial charge is 0.344 e. The molecule has 2 nitrogen and oxygen atoms in total. The number of hydrogen-bond donors (Lipinski definition) is 0. The molecule has 0 heterocycles. The lowest BCUT2D eigenvalue weighted by molar-refractivity contribution is 0.0629. The van der Waals surface area contributed by atoms with E-state index in [9.17, 15) is 4.79 Å². The summed E-state index contributed by atoms with van der Waals surface area (Å²) in [6.45, 7) is 0. The predicted molar refractivity (Wildman–Crippen MR) is 79.8 cm³/mol. The predicted octanol–water partition coefficient (Wildman–Crippen LogP) is 4.43. The number of halogens is 1. The van der Waals surface area contributed by atoms with E-state index in [-0.39, 0.29) is 5.97 Å². The molecule has 0 N–H and O–H groups in total. The van der Waals surface area contributed by atoms with Gasteiger partial charge in [-0.25, -0.2) is 4.79 Å². The average molecular weight is 297 g/mol. The van der Waals surface area contributed by atoms with Crippen LogP contribution in [0.4, 0.5) is 0 Å². The molecule has 2 unspecified atom stereocenters. The van der Waals surface area contributed by atoms with E-state index >= 15 is 0 Å². The molecular formula is C18H13ClO2. The van der Waals surface area contributed by atoms with Gasteiger partial charge in [0.25, 0.3) is 0 Å². The zero-order chi connectivity index (χ0) is 14.4. The molecule has 0 radical (unpaired) electrons. The Bertz CT molecular complexity index is 757. The van der Waals surface area contributed by atoms with E-state index in [1.807, 2.05) is 6.08 Å². The van der Waals surface area contributed by atoms with Crippen molar-refractivity contribution in [3.05, 3.63) is 69.3 Å². The van der Waals surface area contributed by atoms with Crippen LogP contribution in [-0.2, 0) is 4.74 Å². The van der Waals surface area contributed by atoms with Gasteiger partial charge in [0.2, 0.25) is 0 Å². The first-order chi connectivity index (χ1) is 10.2. The van der Waals surface area contributed by atoms with Crippen molar-refractivity contribution in [1.82, 2.24) is 0 Å². The molecule has 3 aliphatic rings. The van der Waals surface area contributed by atoms with Gasteiger partial charge < -0.3 is 4.74 Å². The zero-order valence-electron chi connectivity index (χ0n) is 11.4. The summed E-state index contributed by atoms with van der Waals surface area (Å²) in [5.74, 6) is 1.32. The Morgan fingerprint density at radius 2 is 1.95 bits per heavy atom. The van der Waals surface area contributed by atoms with Crippen molar-refractivity contribution in [2.45, 2.75) is 19.3 Å². The summed E-state index contributed by atoms with van der Waals surface area (Å²) in [5, 5.41) is 0.601. The van der Waals surface area contributed by atoms with E-state index in [1.165, 1.54) is 30.4 Å². The minimum absolute atomic E-state index is 0.368. The molecule has 1 aromatic carbocycles. The van der Waals surface area contributed by atoms with Crippen molar-refractivity contribution in [3.8, 4) is 0 Å². The largest absolute Gasteiger partial charge is 0.413 e. The fourth-order valence-corrected chi connectivity index (χ4v) is 3.68. The van der Waals surface area contributed by atoms with E-state index < -0.39 is 0 Å². The molecule has 0 aromatic heterocycles. The first-order valence-electron chi connectivity index (χ1n) is 7.16. The molecule has 2 bridgehead atoms. The molecule has 21 heavy (non-hydrogen) atoms. The van der Waals surface area contributed by atoms with Gasteiger partial charge in [0.15, 0.2) is 5.76 Å². The Kier molecular flexibility index (Phi) is 2.90. The maximum atomic E-state index is 12.2. The summed E-state index contributed by atoms with van der Waals surface area (Å²) in [6.07, 6.45) is 5.59. The fourth-order valence-electron chi connectivity index (χ4n) is 3.56. The van der Waals surface area contributed by atoms with Crippen LogP contribution in [0.3, 0.4) is 0 Å². The molecule has 1 aromatic rings. The maximum Gasteiger partial charge on any atom is 0.344 e. The Morgan fingerprint density at radius 1 is 1.19 bits per heavy atom. The maximum absolute atomic E-state index is 12.2. The minimum Gasteiger partial charge on any atom is -0.413 e. The van der Waals surface area contributed by atoms with Crippen LogP contribution in [0.5, 0.6) is 0 Å². The monoisotopic (exact) mass is 296 g/mol. The number of fused-ring (bicyclic) bond motifs is 4. The minimum atomic E-state index is -0.368. The second-order valence-corrected chi connectivity index (χ2v) is 6.15. The number of ether oxygens (including phenoxy) is 1. The first kappa shape index (κ1) is 12.7. The van der Waals surface area contributed by atoms with Crippen LogP contribution in [0.1, 0.15) is 29.6 Å². The number of rotatable bonds is 2. The summed E-state index contributed by atoms with van der Waals surface area (Å²) < 4.78 is 5.57. The lowest BCUT2D eigenvalue weighted by Gasteiger charge is -2.19. The summed E-state index contributed by atoms with van der Waals surface area (Å²) >= 11 is 5.83. The second-order valence-electron chi connectivity index (χ2n) is 5.72. The van der Waals surface area contributed by atoms with Crippen LogP contribution in [0.2, 0.25) is 5.02 Å². The Hall–Kier alpha value is -1.98. The van der Waals surface area contributed by atoms with Gasteiger partial charge in [-0.3, -0.25) is 0 Å². The third kappa shape index (κ3) is 2.09. The van der Waals surface area contributed by atoms with Crippen molar-refractivity contribution in [2.75, 3.05) is 0 Å². The van der Waals surface area contributed by atoms with Crippen LogP contribution in [0, 0.1) is 11.8 Å². The van der Waals surface area contributed by atoms with Crippen LogP contribution in [0.15, 0.2) is 58.7 Å². The highest BCUT2D eigenvalue weighted by molar-refractivity contribution is 6.30. The average Bonchev–Trinajstić information content (AvgIpc) is 3.10. The molecule has 2 atom stereocenters. The number of esters is 1. The van der Waals surface area contributed by atoms with Gasteiger partial charge in [-0.05, 0) is 72.7 Å². The lowest BCUT2D eigenvalue weighted by Crippen LogP contribution is -2.12. The molecule has 1 fully saturated rings. The SMILES string of the molecule is O=C(OC1=C=C=CC2=C1C1CCC2C1)c1ccc(Cl)cc1. The first-order valence-corrected chi connectivity index (χ1v) is 7.54. The van der Waals surface area contributed by atoms with Crippen LogP contribution in [-0.4, -0.2) is 5.97 Å². The highest BCUT2D eigenvalue weighted by atomic mass is 35.5. The molecule has 0 saturated heterocycles. The molecule has 104 valence electrons. The summed E-state index contributed by atoms with van der Waals surface area (Å²) in [4.78, 5) is 12.2. The fraction of sp³-hybridized carbons (Fsp3) is 0.278. The summed E-state index contributed by atoms with van der Waals surface area (Å²) in [6, 6.07) is 6.71. The van der Waals surface area contributed by atoms with Gasteiger partial charge >= 0.3 is 5.97 Å². The summed E-state index contributed by atoms with van der Waals surface area (Å²) in [5.41, 5.74) is 8.92. The van der Waals surface area contributed by atoms with Crippen LogP contribution >= 0.6 is 11.6 Å². The standard InChI is InChI=1S/C18H13ClO2/c19-14-8-6-11(7-9-14)18(20)21-16-3-1-2-15-12-4-5-13(10-12)17(15)16/h2,6-9,12-13H,4-5,10H2. The van der Waals surface area contributed by atoms with Crippen molar-refractivity contribution >= 4 is 17.6 Å². The zero-order valence-corrected chi connectivity index (χ0v) is 12.1.